The molecular formula is C13H15N3O6Pt. The molecule has 1 aliphatic rings. The third-order valence-electron chi connectivity index (χ3n) is 3.28. The van der Waals surface area contributed by atoms with E-state index in [0.29, 0.717) is 18.2 Å². The van der Waals surface area contributed by atoms with Crippen molar-refractivity contribution in [2.24, 2.45) is 11.5 Å². The summed E-state index contributed by atoms with van der Waals surface area (Å²) in [5, 5.41) is 31.2. The Balaban J connectivity index is 0.000000509. The second-order valence-electron chi connectivity index (χ2n) is 4.82. The maximum atomic E-state index is 10.5. The third-order valence-corrected chi connectivity index (χ3v) is 3.28. The van der Waals surface area contributed by atoms with Crippen LogP contribution in [0, 0.1) is 10.1 Å². The van der Waals surface area contributed by atoms with E-state index in [4.69, 9.17) is 11.5 Å². The van der Waals surface area contributed by atoms with Crippen LogP contribution in [0.2, 0.25) is 0 Å². The quantitative estimate of drug-likeness (QED) is 0.356. The van der Waals surface area contributed by atoms with E-state index in [2.05, 4.69) is 0 Å². The van der Waals surface area contributed by atoms with E-state index < -0.39 is 33.7 Å². The zero-order valence-electron chi connectivity index (χ0n) is 11.9. The predicted octanol–water partition coefficient (Wildman–Crippen LogP) is -1.86. The van der Waals surface area contributed by atoms with Crippen molar-refractivity contribution in [3.05, 3.63) is 39.4 Å². The van der Waals surface area contributed by atoms with Crippen LogP contribution in [0.15, 0.2) is 18.2 Å². The zero-order chi connectivity index (χ0) is 16.9. The number of rotatable bonds is 3. The van der Waals surface area contributed by atoms with E-state index in [0.717, 1.165) is 25.0 Å². The van der Waals surface area contributed by atoms with Crippen LogP contribution in [-0.4, -0.2) is 28.9 Å². The molecule has 4 N–H and O–H groups in total. The minimum absolute atomic E-state index is 0. The van der Waals surface area contributed by atoms with E-state index in [1.165, 1.54) is 6.42 Å². The van der Waals surface area contributed by atoms with Gasteiger partial charge in [-0.05, 0) is 18.9 Å². The Morgan fingerprint density at radius 1 is 1.04 bits per heavy atom. The van der Waals surface area contributed by atoms with E-state index in [1.54, 1.807) is 0 Å². The van der Waals surface area contributed by atoms with Crippen LogP contribution in [0.4, 0.5) is 5.69 Å². The van der Waals surface area contributed by atoms with Crippen LogP contribution >= 0.6 is 0 Å². The van der Waals surface area contributed by atoms with Crippen LogP contribution in [0.3, 0.4) is 0 Å². The van der Waals surface area contributed by atoms with E-state index in [9.17, 15) is 29.9 Å². The summed E-state index contributed by atoms with van der Waals surface area (Å²) in [5.74, 6) is -3.54. The molecular weight excluding hydrogens is 489 g/mol. The van der Waals surface area contributed by atoms with Gasteiger partial charge < -0.3 is 31.3 Å². The number of hydrogen-bond donors (Lipinski definition) is 2. The van der Waals surface area contributed by atoms with Gasteiger partial charge in [-0.2, -0.15) is 0 Å². The number of nitro benzene ring substituents is 1. The Hall–Kier alpha value is -1.83. The molecule has 2 rings (SSSR count). The molecule has 1 fully saturated rings. The fourth-order valence-electron chi connectivity index (χ4n) is 2.01. The summed E-state index contributed by atoms with van der Waals surface area (Å²) in [4.78, 5) is 30.4. The van der Waals surface area contributed by atoms with Gasteiger partial charge in [0.15, 0.2) is 0 Å². The standard InChI is InChI=1S/C8H5NO6.C5H12N2.Pt/c10-7(11)5-2-1-4(9(14)15)3-6(5)8(12)13;6-4-2-1-3-5(4)7;/h1-3H,(H,10,11)(H,12,13);4-5H,1-3,6-7H2;/q;;+2/p-2. The Morgan fingerprint density at radius 3 is 1.83 bits per heavy atom. The summed E-state index contributed by atoms with van der Waals surface area (Å²) < 4.78 is 0. The number of nitro groups is 1. The number of aromatic carboxylic acids is 2. The molecule has 1 saturated carbocycles. The van der Waals surface area contributed by atoms with Gasteiger partial charge in [-0.1, -0.05) is 6.42 Å². The fraction of sp³-hybridized carbons (Fsp3) is 0.385. The van der Waals surface area contributed by atoms with Crippen molar-refractivity contribution in [1.82, 2.24) is 0 Å². The average Bonchev–Trinajstić information content (AvgIpc) is 2.82. The Morgan fingerprint density at radius 2 is 1.52 bits per heavy atom. The molecule has 2 atom stereocenters. The summed E-state index contributed by atoms with van der Waals surface area (Å²) in [6.07, 6.45) is 3.48. The molecule has 0 amide bonds. The normalized spacial score (nSPS) is 19.0. The molecule has 0 saturated heterocycles. The number of nitrogens with two attached hydrogens (primary N) is 2. The van der Waals surface area contributed by atoms with Gasteiger partial charge in [0.05, 0.1) is 16.9 Å². The second kappa shape index (κ2) is 9.34. The molecule has 0 aliphatic heterocycles. The van der Waals surface area contributed by atoms with Crippen LogP contribution in [0.1, 0.15) is 40.0 Å². The summed E-state index contributed by atoms with van der Waals surface area (Å²) in [7, 11) is 0. The molecule has 0 bridgehead atoms. The summed E-state index contributed by atoms with van der Waals surface area (Å²) in [6, 6.07) is 2.86. The number of carbonyl (C=O) groups excluding carboxylic acids is 2. The SMILES string of the molecule is NC1CCCC1N.O=C([O-])c1ccc([N+](=O)[O-])cc1C(=O)[O-].[Pt+2]. The zero-order valence-corrected chi connectivity index (χ0v) is 14.1. The van der Waals surface area contributed by atoms with Gasteiger partial charge in [0.2, 0.25) is 0 Å². The molecule has 23 heavy (non-hydrogen) atoms. The maximum absolute atomic E-state index is 10.5. The van der Waals surface area contributed by atoms with Crippen LogP contribution in [-0.2, 0) is 21.1 Å². The van der Waals surface area contributed by atoms with Gasteiger partial charge in [-0.3, -0.25) is 10.1 Å². The molecule has 1 aliphatic carbocycles. The molecule has 2 unspecified atom stereocenters. The Kier molecular flexibility index (Phi) is 8.60. The number of nitrogens with zero attached hydrogens (tertiary/aromatic N) is 1. The first-order chi connectivity index (χ1) is 10.2. The molecule has 1 aromatic rings. The van der Waals surface area contributed by atoms with Crippen molar-refractivity contribution in [2.45, 2.75) is 31.3 Å². The van der Waals surface area contributed by atoms with Crippen molar-refractivity contribution < 1.29 is 45.8 Å². The maximum Gasteiger partial charge on any atom is 2.00 e. The fourth-order valence-corrected chi connectivity index (χ4v) is 2.01. The Labute approximate surface area is 146 Å². The van der Waals surface area contributed by atoms with Crippen molar-refractivity contribution in [1.29, 1.82) is 0 Å². The van der Waals surface area contributed by atoms with Crippen molar-refractivity contribution in [3.8, 4) is 0 Å². The van der Waals surface area contributed by atoms with Crippen LogP contribution in [0.25, 0.3) is 0 Å². The molecule has 0 radical (unpaired) electrons. The average molecular weight is 504 g/mol. The smallest absolute Gasteiger partial charge is 0.545 e. The number of carboxylic acid groups (broad SMARTS) is 2. The Bertz CT molecular complexity index is 587. The summed E-state index contributed by atoms with van der Waals surface area (Å²) in [6.45, 7) is 0. The summed E-state index contributed by atoms with van der Waals surface area (Å²) in [5.41, 5.74) is 9.15. The molecule has 128 valence electrons. The minimum Gasteiger partial charge on any atom is -0.545 e. The van der Waals surface area contributed by atoms with Crippen molar-refractivity contribution >= 4 is 17.6 Å². The van der Waals surface area contributed by atoms with Gasteiger partial charge in [0.1, 0.15) is 0 Å². The number of carbonyl (C=O) groups is 2. The first-order valence-electron chi connectivity index (χ1n) is 6.46. The molecule has 0 spiro atoms. The van der Waals surface area contributed by atoms with E-state index in [1.807, 2.05) is 0 Å². The minimum atomic E-state index is -1.81. The van der Waals surface area contributed by atoms with Gasteiger partial charge in [-0.25, -0.2) is 0 Å². The first kappa shape index (κ1) is 21.2. The second-order valence-corrected chi connectivity index (χ2v) is 4.82. The van der Waals surface area contributed by atoms with Gasteiger partial charge in [0, 0.05) is 35.3 Å². The predicted molar refractivity (Wildman–Crippen MR) is 71.6 cm³/mol. The van der Waals surface area contributed by atoms with Crippen molar-refractivity contribution in [2.75, 3.05) is 0 Å². The number of non-ortho nitro benzene ring substituents is 1. The monoisotopic (exact) mass is 504 g/mol. The summed E-state index contributed by atoms with van der Waals surface area (Å²) >= 11 is 0. The molecule has 0 heterocycles. The molecule has 10 heteroatoms. The van der Waals surface area contributed by atoms with Crippen molar-refractivity contribution in [3.63, 3.8) is 0 Å². The van der Waals surface area contributed by atoms with Gasteiger partial charge in [-0.15, -0.1) is 0 Å². The number of carboxylic acids is 2. The molecule has 9 nitrogen and oxygen atoms in total. The van der Waals surface area contributed by atoms with Gasteiger partial charge in [0.25, 0.3) is 5.69 Å². The molecule has 0 aromatic heterocycles. The number of hydrogen-bond acceptors (Lipinski definition) is 8. The molecule has 1 aromatic carbocycles. The van der Waals surface area contributed by atoms with Crippen LogP contribution < -0.4 is 21.7 Å². The van der Waals surface area contributed by atoms with Gasteiger partial charge >= 0.3 is 21.1 Å². The first-order valence-corrected chi connectivity index (χ1v) is 6.46. The topological polar surface area (TPSA) is 175 Å². The third kappa shape index (κ3) is 6.05. The van der Waals surface area contributed by atoms with Crippen LogP contribution in [0.5, 0.6) is 0 Å². The van der Waals surface area contributed by atoms with E-state index in [-0.39, 0.29) is 21.1 Å². The largest absolute Gasteiger partial charge is 2.00 e. The van der Waals surface area contributed by atoms with E-state index >= 15 is 0 Å². The number of benzene rings is 1.